The summed E-state index contributed by atoms with van der Waals surface area (Å²) in [4.78, 5) is 4.31. The van der Waals surface area contributed by atoms with Gasteiger partial charge in [0.25, 0.3) is 0 Å². The predicted octanol–water partition coefficient (Wildman–Crippen LogP) is 3.35. The van der Waals surface area contributed by atoms with E-state index in [4.69, 9.17) is 15.4 Å². The van der Waals surface area contributed by atoms with Gasteiger partial charge in [-0.2, -0.15) is 0 Å². The monoisotopic (exact) mass is 313 g/mol. The molecule has 0 saturated carbocycles. The predicted molar refractivity (Wildman–Crippen MR) is 80.7 cm³/mol. The molecule has 0 radical (unpaired) electrons. The summed E-state index contributed by atoms with van der Waals surface area (Å²) in [7, 11) is 1.77. The average molecular weight is 314 g/mol. The molecule has 0 N–H and O–H groups in total. The van der Waals surface area contributed by atoms with Gasteiger partial charge in [0.05, 0.1) is 12.4 Å². The van der Waals surface area contributed by atoms with Crippen molar-refractivity contribution in [1.82, 2.24) is 4.98 Å². The van der Waals surface area contributed by atoms with Crippen LogP contribution in [0.5, 0.6) is 5.75 Å². The average Bonchev–Trinajstić information content (AvgIpc) is 2.41. The van der Waals surface area contributed by atoms with E-state index in [-0.39, 0.29) is 5.75 Å². The third kappa shape index (κ3) is 4.65. The van der Waals surface area contributed by atoms with Gasteiger partial charge in [-0.1, -0.05) is 18.2 Å². The van der Waals surface area contributed by atoms with Crippen molar-refractivity contribution in [3.63, 3.8) is 0 Å². The zero-order chi connectivity index (χ0) is 14.4. The van der Waals surface area contributed by atoms with E-state index < -0.39 is 9.05 Å². The van der Waals surface area contributed by atoms with E-state index in [0.29, 0.717) is 13.0 Å². The Hall–Kier alpha value is -1.33. The Balaban J connectivity index is 1.82. The molecule has 1 heterocycles. The van der Waals surface area contributed by atoms with Crippen LogP contribution in [0.4, 0.5) is 0 Å². The van der Waals surface area contributed by atoms with Crippen LogP contribution in [0.1, 0.15) is 19.3 Å². The van der Waals surface area contributed by atoms with Crippen LogP contribution >= 0.6 is 10.7 Å². The summed E-state index contributed by atoms with van der Waals surface area (Å²) in [5.41, 5.74) is 0.846. The number of fused-ring (bicyclic) bond motifs is 1. The Morgan fingerprint density at radius 1 is 1.10 bits per heavy atom. The van der Waals surface area contributed by atoms with Crippen molar-refractivity contribution >= 4 is 30.6 Å². The Kier molecular flexibility index (Phi) is 5.20. The second-order valence-electron chi connectivity index (χ2n) is 4.48. The van der Waals surface area contributed by atoms with E-state index in [1.165, 1.54) is 0 Å². The van der Waals surface area contributed by atoms with Crippen LogP contribution in [0.25, 0.3) is 10.9 Å². The first-order valence-corrected chi connectivity index (χ1v) is 8.93. The topological polar surface area (TPSA) is 56.3 Å². The van der Waals surface area contributed by atoms with Gasteiger partial charge in [0.2, 0.25) is 9.05 Å². The van der Waals surface area contributed by atoms with E-state index in [1.54, 1.807) is 6.20 Å². The molecule has 2 rings (SSSR count). The second kappa shape index (κ2) is 6.90. The number of benzene rings is 1. The quantitative estimate of drug-likeness (QED) is 0.581. The molecular weight excluding hydrogens is 298 g/mol. The van der Waals surface area contributed by atoms with Crippen LogP contribution < -0.4 is 4.74 Å². The third-order valence-electron chi connectivity index (χ3n) is 2.89. The molecule has 0 unspecified atom stereocenters. The highest BCUT2D eigenvalue weighted by Crippen LogP contribution is 2.23. The molecule has 1 aromatic carbocycles. The lowest BCUT2D eigenvalue weighted by Crippen LogP contribution is -2.01. The third-order valence-corrected chi connectivity index (χ3v) is 4.12. The molecule has 1 aromatic heterocycles. The number of ether oxygens (including phenoxy) is 1. The molecular formula is C14H16ClNO3S. The van der Waals surface area contributed by atoms with Gasteiger partial charge in [-0.25, -0.2) is 8.42 Å². The van der Waals surface area contributed by atoms with Crippen LogP contribution in [0.15, 0.2) is 36.5 Å². The molecule has 0 aliphatic rings. The standard InChI is InChI=1S/C14H16ClNO3S/c15-20(17,18)11-3-1-2-10-19-13-8-4-6-12-7-5-9-16-14(12)13/h4-9H,1-3,10-11H2. The van der Waals surface area contributed by atoms with E-state index in [9.17, 15) is 8.42 Å². The van der Waals surface area contributed by atoms with Gasteiger partial charge in [0.15, 0.2) is 0 Å². The van der Waals surface area contributed by atoms with Gasteiger partial charge in [-0.05, 0) is 31.4 Å². The van der Waals surface area contributed by atoms with Crippen molar-refractivity contribution in [2.45, 2.75) is 19.3 Å². The van der Waals surface area contributed by atoms with E-state index in [0.717, 1.165) is 29.5 Å². The minimum atomic E-state index is -3.37. The zero-order valence-corrected chi connectivity index (χ0v) is 12.5. The number of nitrogens with zero attached hydrogens (tertiary/aromatic N) is 1. The van der Waals surface area contributed by atoms with Crippen LogP contribution in [-0.4, -0.2) is 25.8 Å². The summed E-state index contributed by atoms with van der Waals surface area (Å²) in [5, 5.41) is 1.04. The Labute approximate surface area is 123 Å². The molecule has 2 aromatic rings. The van der Waals surface area contributed by atoms with Crippen LogP contribution in [-0.2, 0) is 9.05 Å². The van der Waals surface area contributed by atoms with Gasteiger partial charge in [-0.3, -0.25) is 4.98 Å². The summed E-state index contributed by atoms with van der Waals surface area (Å²) in [6, 6.07) is 9.68. The van der Waals surface area contributed by atoms with Crippen molar-refractivity contribution in [1.29, 1.82) is 0 Å². The van der Waals surface area contributed by atoms with Gasteiger partial charge >= 0.3 is 0 Å². The van der Waals surface area contributed by atoms with Gasteiger partial charge < -0.3 is 4.74 Å². The first-order valence-electron chi connectivity index (χ1n) is 6.45. The molecule has 0 spiro atoms. The maximum absolute atomic E-state index is 10.8. The van der Waals surface area contributed by atoms with Crippen LogP contribution in [0.2, 0.25) is 0 Å². The van der Waals surface area contributed by atoms with E-state index in [2.05, 4.69) is 4.98 Å². The first-order chi connectivity index (χ1) is 9.56. The number of pyridine rings is 1. The van der Waals surface area contributed by atoms with Crippen molar-refractivity contribution in [2.75, 3.05) is 12.4 Å². The minimum absolute atomic E-state index is 0.0182. The fourth-order valence-electron chi connectivity index (χ4n) is 1.93. The molecule has 0 aliphatic carbocycles. The largest absolute Gasteiger partial charge is 0.491 e. The van der Waals surface area contributed by atoms with Gasteiger partial charge in [-0.15, -0.1) is 0 Å². The van der Waals surface area contributed by atoms with E-state index >= 15 is 0 Å². The molecule has 0 amide bonds. The van der Waals surface area contributed by atoms with Gasteiger partial charge in [0.1, 0.15) is 11.3 Å². The highest BCUT2D eigenvalue weighted by Gasteiger charge is 2.05. The number of hydrogen-bond donors (Lipinski definition) is 0. The highest BCUT2D eigenvalue weighted by atomic mass is 35.7. The number of para-hydroxylation sites is 1. The Morgan fingerprint density at radius 2 is 1.90 bits per heavy atom. The SMILES string of the molecule is O=S(=O)(Cl)CCCCCOc1cccc2cccnc12. The van der Waals surface area contributed by atoms with Crippen LogP contribution in [0, 0.1) is 0 Å². The molecule has 4 nitrogen and oxygen atoms in total. The summed E-state index contributed by atoms with van der Waals surface area (Å²) in [6.45, 7) is 0.540. The zero-order valence-electron chi connectivity index (χ0n) is 11.0. The maximum Gasteiger partial charge on any atom is 0.232 e. The number of halogens is 1. The normalized spacial score (nSPS) is 11.7. The molecule has 20 heavy (non-hydrogen) atoms. The van der Waals surface area contributed by atoms with Crippen molar-refractivity contribution in [3.05, 3.63) is 36.5 Å². The van der Waals surface area contributed by atoms with Crippen molar-refractivity contribution < 1.29 is 13.2 Å². The fourth-order valence-corrected chi connectivity index (χ4v) is 2.80. The highest BCUT2D eigenvalue weighted by molar-refractivity contribution is 8.13. The molecule has 0 saturated heterocycles. The van der Waals surface area contributed by atoms with Gasteiger partial charge in [0, 0.05) is 22.3 Å². The summed E-state index contributed by atoms with van der Waals surface area (Å²) in [6.07, 6.45) is 3.85. The summed E-state index contributed by atoms with van der Waals surface area (Å²) in [5.74, 6) is 0.776. The number of unbranched alkanes of at least 4 members (excludes halogenated alkanes) is 2. The molecule has 6 heteroatoms. The fraction of sp³-hybridized carbons (Fsp3) is 0.357. The number of aromatic nitrogens is 1. The Morgan fingerprint density at radius 3 is 2.70 bits per heavy atom. The first kappa shape index (κ1) is 15.1. The molecule has 108 valence electrons. The lowest BCUT2D eigenvalue weighted by Gasteiger charge is -2.08. The summed E-state index contributed by atoms with van der Waals surface area (Å²) >= 11 is 0. The molecule has 0 atom stereocenters. The van der Waals surface area contributed by atoms with E-state index in [1.807, 2.05) is 30.3 Å². The van der Waals surface area contributed by atoms with Crippen molar-refractivity contribution in [2.24, 2.45) is 0 Å². The number of hydrogen-bond acceptors (Lipinski definition) is 4. The molecule has 0 aliphatic heterocycles. The smallest absolute Gasteiger partial charge is 0.232 e. The van der Waals surface area contributed by atoms with Crippen molar-refractivity contribution in [3.8, 4) is 5.75 Å². The molecule has 0 fully saturated rings. The van der Waals surface area contributed by atoms with Crippen LogP contribution in [0.3, 0.4) is 0 Å². The molecule has 0 bridgehead atoms. The second-order valence-corrected chi connectivity index (χ2v) is 7.38. The summed E-state index contributed by atoms with van der Waals surface area (Å²) < 4.78 is 27.2. The number of rotatable bonds is 7. The minimum Gasteiger partial charge on any atom is -0.491 e. The Bertz CT molecular complexity index is 668. The lowest BCUT2D eigenvalue weighted by molar-refractivity contribution is 0.309. The maximum atomic E-state index is 10.8. The lowest BCUT2D eigenvalue weighted by atomic mass is 10.2.